The summed E-state index contributed by atoms with van der Waals surface area (Å²) in [5.41, 5.74) is 1.54. The molecular formula is C24H30O8. The number of hydrogen-bond acceptors (Lipinski definition) is 6. The predicted molar refractivity (Wildman–Crippen MR) is 118 cm³/mol. The van der Waals surface area contributed by atoms with Gasteiger partial charge in [0.1, 0.15) is 23.0 Å². The Balaban J connectivity index is 2.39. The van der Waals surface area contributed by atoms with Crippen molar-refractivity contribution in [3.63, 3.8) is 0 Å². The predicted octanol–water partition coefficient (Wildman–Crippen LogP) is 3.69. The fourth-order valence-corrected chi connectivity index (χ4v) is 3.74. The first-order valence-electron chi connectivity index (χ1n) is 10.2. The van der Waals surface area contributed by atoms with Gasteiger partial charge in [0.15, 0.2) is 0 Å². The van der Waals surface area contributed by atoms with Crippen LogP contribution in [-0.2, 0) is 22.4 Å². The van der Waals surface area contributed by atoms with Gasteiger partial charge in [0, 0.05) is 18.6 Å². The number of carboxylic acid groups (broad SMARTS) is 2. The second-order valence-corrected chi connectivity index (χ2v) is 7.49. The molecular weight excluding hydrogens is 416 g/mol. The van der Waals surface area contributed by atoms with E-state index in [0.29, 0.717) is 29.4 Å². The van der Waals surface area contributed by atoms with E-state index in [0.717, 1.165) is 11.1 Å². The summed E-state index contributed by atoms with van der Waals surface area (Å²) < 4.78 is 21.2. The molecule has 0 amide bonds. The minimum Gasteiger partial charge on any atom is -0.497 e. The van der Waals surface area contributed by atoms with Crippen LogP contribution in [0.4, 0.5) is 0 Å². The second kappa shape index (κ2) is 11.8. The van der Waals surface area contributed by atoms with Gasteiger partial charge in [0.25, 0.3) is 0 Å². The van der Waals surface area contributed by atoms with E-state index in [1.54, 1.807) is 24.3 Å². The van der Waals surface area contributed by atoms with E-state index < -0.39 is 23.8 Å². The molecule has 32 heavy (non-hydrogen) atoms. The number of ether oxygens (including phenoxy) is 4. The highest BCUT2D eigenvalue weighted by molar-refractivity contribution is 5.71. The smallest absolute Gasteiger partial charge is 0.307 e. The van der Waals surface area contributed by atoms with Crippen LogP contribution in [0.1, 0.15) is 24.0 Å². The Kier molecular flexibility index (Phi) is 9.19. The number of hydrogen-bond donors (Lipinski definition) is 2. The number of aliphatic carboxylic acids is 2. The zero-order valence-corrected chi connectivity index (χ0v) is 18.8. The molecule has 2 rings (SSSR count). The Morgan fingerprint density at radius 1 is 0.719 bits per heavy atom. The molecule has 0 aliphatic carbocycles. The van der Waals surface area contributed by atoms with Crippen molar-refractivity contribution in [2.75, 3.05) is 28.4 Å². The van der Waals surface area contributed by atoms with E-state index in [1.165, 1.54) is 28.4 Å². The zero-order chi connectivity index (χ0) is 23.7. The number of benzene rings is 2. The number of carbonyl (C=O) groups is 2. The van der Waals surface area contributed by atoms with Crippen molar-refractivity contribution < 1.29 is 38.7 Å². The average molecular weight is 446 g/mol. The van der Waals surface area contributed by atoms with Gasteiger partial charge >= 0.3 is 11.9 Å². The minimum absolute atomic E-state index is 0.128. The molecule has 174 valence electrons. The maximum atomic E-state index is 12.3. The SMILES string of the molecule is COc1cc(C[C@H](CCC(=O)O)[C@H](Cc2cc(OC)cc(OC)c2)C(=O)O)cc(OC)c1. The monoisotopic (exact) mass is 446 g/mol. The van der Waals surface area contributed by atoms with Crippen LogP contribution < -0.4 is 18.9 Å². The van der Waals surface area contributed by atoms with Gasteiger partial charge < -0.3 is 29.2 Å². The molecule has 2 aromatic carbocycles. The van der Waals surface area contributed by atoms with Crippen LogP contribution in [0, 0.1) is 11.8 Å². The van der Waals surface area contributed by atoms with Gasteiger partial charge in [0.05, 0.1) is 34.4 Å². The summed E-state index contributed by atoms with van der Waals surface area (Å²) >= 11 is 0. The summed E-state index contributed by atoms with van der Waals surface area (Å²) in [6.45, 7) is 0. The fourth-order valence-electron chi connectivity index (χ4n) is 3.74. The Labute approximate surface area is 187 Å². The van der Waals surface area contributed by atoms with Crippen molar-refractivity contribution in [2.45, 2.75) is 25.7 Å². The van der Waals surface area contributed by atoms with Crippen LogP contribution >= 0.6 is 0 Å². The first-order chi connectivity index (χ1) is 15.3. The second-order valence-electron chi connectivity index (χ2n) is 7.49. The lowest BCUT2D eigenvalue weighted by Crippen LogP contribution is -2.28. The highest BCUT2D eigenvalue weighted by Crippen LogP contribution is 2.32. The largest absolute Gasteiger partial charge is 0.497 e. The molecule has 0 aliphatic rings. The molecule has 2 aromatic rings. The van der Waals surface area contributed by atoms with Crippen molar-refractivity contribution in [1.29, 1.82) is 0 Å². The Morgan fingerprint density at radius 3 is 1.47 bits per heavy atom. The van der Waals surface area contributed by atoms with Crippen molar-refractivity contribution in [3.05, 3.63) is 47.5 Å². The minimum atomic E-state index is -0.989. The molecule has 0 radical (unpaired) electrons. The Morgan fingerprint density at radius 2 is 1.12 bits per heavy atom. The van der Waals surface area contributed by atoms with Gasteiger partial charge in [-0.2, -0.15) is 0 Å². The maximum absolute atomic E-state index is 12.3. The summed E-state index contributed by atoms with van der Waals surface area (Å²) in [6.07, 6.45) is 0.650. The van der Waals surface area contributed by atoms with Gasteiger partial charge in [-0.05, 0) is 60.6 Å². The fraction of sp³-hybridized carbons (Fsp3) is 0.417. The first kappa shape index (κ1) is 24.8. The van der Waals surface area contributed by atoms with Gasteiger partial charge in [-0.25, -0.2) is 0 Å². The lowest BCUT2D eigenvalue weighted by Gasteiger charge is -2.25. The summed E-state index contributed by atoms with van der Waals surface area (Å²) in [5, 5.41) is 19.3. The standard InChI is InChI=1S/C24H30O8/c1-29-18-8-15(9-19(13-18)30-2)7-17(5-6-23(25)26)22(24(27)28)12-16-10-20(31-3)14-21(11-16)32-4/h8-11,13-14,17,22H,5-7,12H2,1-4H3,(H,25,26)(H,27,28)/t17-,22-/m0/s1. The average Bonchev–Trinajstić information content (AvgIpc) is 2.79. The quantitative estimate of drug-likeness (QED) is 0.479. The third-order valence-corrected chi connectivity index (χ3v) is 5.39. The Hall–Kier alpha value is -3.42. The number of rotatable bonds is 13. The van der Waals surface area contributed by atoms with Crippen LogP contribution in [0.2, 0.25) is 0 Å². The normalized spacial score (nSPS) is 12.5. The van der Waals surface area contributed by atoms with Gasteiger partial charge in [0.2, 0.25) is 0 Å². The van der Waals surface area contributed by atoms with Gasteiger partial charge in [-0.15, -0.1) is 0 Å². The van der Waals surface area contributed by atoms with Crippen molar-refractivity contribution in [2.24, 2.45) is 11.8 Å². The highest BCUT2D eigenvalue weighted by Gasteiger charge is 2.30. The summed E-state index contributed by atoms with van der Waals surface area (Å²) in [4.78, 5) is 23.5. The molecule has 0 saturated heterocycles. The lowest BCUT2D eigenvalue weighted by atomic mass is 9.80. The van der Waals surface area contributed by atoms with E-state index in [4.69, 9.17) is 18.9 Å². The van der Waals surface area contributed by atoms with Crippen molar-refractivity contribution in [1.82, 2.24) is 0 Å². The van der Waals surface area contributed by atoms with Gasteiger partial charge in [-0.1, -0.05) is 0 Å². The van der Waals surface area contributed by atoms with E-state index in [-0.39, 0.29) is 19.3 Å². The molecule has 8 nitrogen and oxygen atoms in total. The lowest BCUT2D eigenvalue weighted by molar-refractivity contribution is -0.145. The third kappa shape index (κ3) is 7.08. The molecule has 0 aromatic heterocycles. The maximum Gasteiger partial charge on any atom is 0.307 e. The van der Waals surface area contributed by atoms with Crippen LogP contribution in [0.3, 0.4) is 0 Å². The van der Waals surface area contributed by atoms with E-state index in [2.05, 4.69) is 0 Å². The van der Waals surface area contributed by atoms with Crippen LogP contribution in [0.5, 0.6) is 23.0 Å². The molecule has 2 N–H and O–H groups in total. The molecule has 0 bridgehead atoms. The highest BCUT2D eigenvalue weighted by atomic mass is 16.5. The summed E-state index contributed by atoms with van der Waals surface area (Å²) in [6, 6.07) is 10.6. The van der Waals surface area contributed by atoms with Crippen LogP contribution in [0.25, 0.3) is 0 Å². The number of methoxy groups -OCH3 is 4. The molecule has 0 saturated carbocycles. The van der Waals surface area contributed by atoms with Crippen LogP contribution in [-0.4, -0.2) is 50.6 Å². The van der Waals surface area contributed by atoms with Crippen LogP contribution in [0.15, 0.2) is 36.4 Å². The summed E-state index contributed by atoms with van der Waals surface area (Å²) in [5.74, 6) is -0.920. The molecule has 2 atom stereocenters. The van der Waals surface area contributed by atoms with E-state index >= 15 is 0 Å². The van der Waals surface area contributed by atoms with Gasteiger partial charge in [-0.3, -0.25) is 9.59 Å². The third-order valence-electron chi connectivity index (χ3n) is 5.39. The molecule has 0 heterocycles. The molecule has 8 heteroatoms. The van der Waals surface area contributed by atoms with Crippen molar-refractivity contribution in [3.8, 4) is 23.0 Å². The van der Waals surface area contributed by atoms with E-state index in [9.17, 15) is 19.8 Å². The summed E-state index contributed by atoms with van der Waals surface area (Å²) in [7, 11) is 6.13. The zero-order valence-electron chi connectivity index (χ0n) is 18.8. The molecule has 0 unspecified atom stereocenters. The number of carboxylic acids is 2. The Bertz CT molecular complexity index is 880. The molecule has 0 aliphatic heterocycles. The topological polar surface area (TPSA) is 112 Å². The molecule has 0 spiro atoms. The van der Waals surface area contributed by atoms with Crippen molar-refractivity contribution >= 4 is 11.9 Å². The molecule has 0 fully saturated rings. The first-order valence-corrected chi connectivity index (χ1v) is 10.2. The van der Waals surface area contributed by atoms with E-state index in [1.807, 2.05) is 12.1 Å².